The number of esters is 1. The summed E-state index contributed by atoms with van der Waals surface area (Å²) < 4.78 is 6.73. The number of aromatic nitrogens is 3. The van der Waals surface area contributed by atoms with Gasteiger partial charge in [-0.2, -0.15) is 5.10 Å². The van der Waals surface area contributed by atoms with Crippen LogP contribution in [0, 0.1) is 6.92 Å². The predicted molar refractivity (Wildman–Crippen MR) is 64.0 cm³/mol. The van der Waals surface area contributed by atoms with E-state index in [4.69, 9.17) is 4.74 Å². The lowest BCUT2D eigenvalue weighted by Crippen LogP contribution is -2.07. The standard InChI is InChI=1S/C11H13N3O2S/c1-8-10(17-7-12-8)3-4-16-11(15)9-5-13-14(2)6-9/h5-7H,3-4H2,1-2H3. The van der Waals surface area contributed by atoms with Gasteiger partial charge in [-0.05, 0) is 6.92 Å². The third kappa shape index (κ3) is 2.91. The number of nitrogens with zero attached hydrogens (tertiary/aromatic N) is 3. The Morgan fingerprint density at radius 1 is 1.59 bits per heavy atom. The van der Waals surface area contributed by atoms with E-state index in [2.05, 4.69) is 10.1 Å². The van der Waals surface area contributed by atoms with Crippen LogP contribution in [0.15, 0.2) is 17.9 Å². The van der Waals surface area contributed by atoms with E-state index in [9.17, 15) is 4.79 Å². The molecule has 0 aliphatic rings. The molecule has 90 valence electrons. The largest absolute Gasteiger partial charge is 0.462 e. The lowest BCUT2D eigenvalue weighted by Gasteiger charge is -2.02. The van der Waals surface area contributed by atoms with Gasteiger partial charge in [0.2, 0.25) is 0 Å². The molecule has 2 rings (SSSR count). The molecule has 2 aromatic rings. The van der Waals surface area contributed by atoms with Gasteiger partial charge in [-0.1, -0.05) is 0 Å². The van der Waals surface area contributed by atoms with E-state index in [0.29, 0.717) is 18.6 Å². The second-order valence-corrected chi connectivity index (χ2v) is 4.59. The Hall–Kier alpha value is -1.69. The van der Waals surface area contributed by atoms with Gasteiger partial charge in [-0.25, -0.2) is 9.78 Å². The number of rotatable bonds is 4. The van der Waals surface area contributed by atoms with Gasteiger partial charge < -0.3 is 4.74 Å². The minimum absolute atomic E-state index is 0.333. The zero-order valence-corrected chi connectivity index (χ0v) is 10.5. The zero-order chi connectivity index (χ0) is 12.3. The van der Waals surface area contributed by atoms with Gasteiger partial charge >= 0.3 is 5.97 Å². The molecular formula is C11H13N3O2S. The molecule has 0 N–H and O–H groups in total. The highest BCUT2D eigenvalue weighted by Gasteiger charge is 2.09. The molecule has 2 heterocycles. The molecule has 5 nitrogen and oxygen atoms in total. The summed E-state index contributed by atoms with van der Waals surface area (Å²) in [6.45, 7) is 2.32. The van der Waals surface area contributed by atoms with Crippen LogP contribution in [-0.2, 0) is 18.2 Å². The summed E-state index contributed by atoms with van der Waals surface area (Å²) in [4.78, 5) is 16.9. The third-order valence-corrected chi connectivity index (χ3v) is 3.34. The van der Waals surface area contributed by atoms with Gasteiger partial charge in [0.1, 0.15) is 0 Å². The lowest BCUT2D eigenvalue weighted by molar-refractivity contribution is 0.0509. The van der Waals surface area contributed by atoms with Crippen molar-refractivity contribution in [1.29, 1.82) is 0 Å². The van der Waals surface area contributed by atoms with Crippen LogP contribution in [0.25, 0.3) is 0 Å². The minimum atomic E-state index is -0.333. The number of hydrogen-bond donors (Lipinski definition) is 0. The summed E-state index contributed by atoms with van der Waals surface area (Å²) in [6.07, 6.45) is 3.85. The SMILES string of the molecule is Cc1ncsc1CCOC(=O)c1cnn(C)c1. The van der Waals surface area contributed by atoms with Crippen molar-refractivity contribution in [2.24, 2.45) is 7.05 Å². The van der Waals surface area contributed by atoms with Crippen molar-refractivity contribution < 1.29 is 9.53 Å². The van der Waals surface area contributed by atoms with Gasteiger partial charge in [-0.3, -0.25) is 4.68 Å². The topological polar surface area (TPSA) is 57.0 Å². The maximum Gasteiger partial charge on any atom is 0.341 e. The van der Waals surface area contributed by atoms with Crippen LogP contribution in [0.5, 0.6) is 0 Å². The average Bonchev–Trinajstić information content (AvgIpc) is 2.88. The monoisotopic (exact) mass is 251 g/mol. The van der Waals surface area contributed by atoms with Gasteiger partial charge in [0.15, 0.2) is 0 Å². The lowest BCUT2D eigenvalue weighted by atomic mass is 10.3. The van der Waals surface area contributed by atoms with Crippen molar-refractivity contribution in [2.75, 3.05) is 6.61 Å². The second-order valence-electron chi connectivity index (χ2n) is 3.65. The molecule has 0 spiro atoms. The summed E-state index contributed by atoms with van der Waals surface area (Å²) in [5.74, 6) is -0.333. The number of carbonyl (C=O) groups excluding carboxylic acids is 1. The first-order valence-corrected chi connectivity index (χ1v) is 6.09. The Balaban J connectivity index is 1.83. The van der Waals surface area contributed by atoms with E-state index in [-0.39, 0.29) is 5.97 Å². The molecule has 0 fully saturated rings. The van der Waals surface area contributed by atoms with Crippen LogP contribution >= 0.6 is 11.3 Å². The second kappa shape index (κ2) is 5.09. The Labute approximate surface area is 103 Å². The number of hydrogen-bond acceptors (Lipinski definition) is 5. The van der Waals surface area contributed by atoms with Gasteiger partial charge in [0, 0.05) is 24.5 Å². The van der Waals surface area contributed by atoms with Crippen molar-refractivity contribution >= 4 is 17.3 Å². The Morgan fingerprint density at radius 2 is 2.41 bits per heavy atom. The van der Waals surface area contributed by atoms with Gasteiger partial charge in [0.05, 0.1) is 29.6 Å². The van der Waals surface area contributed by atoms with Crippen LogP contribution in [0.1, 0.15) is 20.9 Å². The first-order valence-electron chi connectivity index (χ1n) is 5.21. The summed E-state index contributed by atoms with van der Waals surface area (Å²) >= 11 is 1.58. The molecule has 0 radical (unpaired) electrons. The normalized spacial score (nSPS) is 10.5. The molecule has 0 amide bonds. The first-order chi connectivity index (χ1) is 8.16. The van der Waals surface area contributed by atoms with Crippen molar-refractivity contribution in [1.82, 2.24) is 14.8 Å². The molecular weight excluding hydrogens is 238 g/mol. The third-order valence-electron chi connectivity index (χ3n) is 2.35. The number of ether oxygens (including phenoxy) is 1. The van der Waals surface area contributed by atoms with E-state index in [0.717, 1.165) is 10.6 Å². The maximum absolute atomic E-state index is 11.6. The average molecular weight is 251 g/mol. The molecule has 6 heteroatoms. The molecule has 0 atom stereocenters. The van der Waals surface area contributed by atoms with E-state index in [1.807, 2.05) is 6.92 Å². The van der Waals surface area contributed by atoms with E-state index >= 15 is 0 Å². The first kappa shape index (κ1) is 11.8. The van der Waals surface area contributed by atoms with E-state index in [1.54, 1.807) is 34.8 Å². The quantitative estimate of drug-likeness (QED) is 0.774. The Bertz CT molecular complexity index is 518. The molecule has 17 heavy (non-hydrogen) atoms. The van der Waals surface area contributed by atoms with E-state index in [1.165, 1.54) is 6.20 Å². The molecule has 0 bridgehead atoms. The molecule has 2 aromatic heterocycles. The molecule has 0 aromatic carbocycles. The number of aryl methyl sites for hydroxylation is 2. The van der Waals surface area contributed by atoms with Gasteiger partial charge in [-0.15, -0.1) is 11.3 Å². The van der Waals surface area contributed by atoms with E-state index < -0.39 is 0 Å². The van der Waals surface area contributed by atoms with Crippen molar-refractivity contribution in [2.45, 2.75) is 13.3 Å². The number of thiazole rings is 1. The smallest absolute Gasteiger partial charge is 0.341 e. The fourth-order valence-corrected chi connectivity index (χ4v) is 2.18. The van der Waals surface area contributed by atoms with Crippen LogP contribution in [0.2, 0.25) is 0 Å². The summed E-state index contributed by atoms with van der Waals surface area (Å²) in [5.41, 5.74) is 3.29. The maximum atomic E-state index is 11.6. The fraction of sp³-hybridized carbons (Fsp3) is 0.364. The van der Waals surface area contributed by atoms with Crippen LogP contribution in [-0.4, -0.2) is 27.3 Å². The highest BCUT2D eigenvalue weighted by molar-refractivity contribution is 7.09. The summed E-state index contributed by atoms with van der Waals surface area (Å²) in [5, 5.41) is 3.92. The van der Waals surface area contributed by atoms with Crippen molar-refractivity contribution in [3.8, 4) is 0 Å². The highest BCUT2D eigenvalue weighted by atomic mass is 32.1. The van der Waals surface area contributed by atoms with Crippen LogP contribution in [0.3, 0.4) is 0 Å². The molecule has 0 aliphatic carbocycles. The summed E-state index contributed by atoms with van der Waals surface area (Å²) in [7, 11) is 1.76. The number of carbonyl (C=O) groups is 1. The fourth-order valence-electron chi connectivity index (χ4n) is 1.41. The Kier molecular flexibility index (Phi) is 3.53. The minimum Gasteiger partial charge on any atom is -0.462 e. The van der Waals surface area contributed by atoms with Crippen molar-refractivity contribution in [3.63, 3.8) is 0 Å². The molecule has 0 saturated carbocycles. The van der Waals surface area contributed by atoms with Crippen LogP contribution < -0.4 is 0 Å². The zero-order valence-electron chi connectivity index (χ0n) is 9.71. The predicted octanol–water partition coefficient (Wildman–Crippen LogP) is 1.58. The molecule has 0 unspecified atom stereocenters. The molecule has 0 aliphatic heterocycles. The van der Waals surface area contributed by atoms with Crippen LogP contribution in [0.4, 0.5) is 0 Å². The van der Waals surface area contributed by atoms with Gasteiger partial charge in [0.25, 0.3) is 0 Å². The summed E-state index contributed by atoms with van der Waals surface area (Å²) in [6, 6.07) is 0. The highest BCUT2D eigenvalue weighted by Crippen LogP contribution is 2.12. The van der Waals surface area contributed by atoms with Crippen molar-refractivity contribution in [3.05, 3.63) is 34.0 Å². The Morgan fingerprint density at radius 3 is 3.00 bits per heavy atom. The molecule has 0 saturated heterocycles.